The number of benzene rings is 1. The molecule has 0 aliphatic rings. The number of aromatic nitrogens is 2. The summed E-state index contributed by atoms with van der Waals surface area (Å²) in [5.74, 6) is 0.0356. The van der Waals surface area contributed by atoms with E-state index in [1.54, 1.807) is 13.0 Å². The number of ether oxygens (including phenoxy) is 1. The van der Waals surface area contributed by atoms with Crippen LogP contribution in [0.1, 0.15) is 13.3 Å². The lowest BCUT2D eigenvalue weighted by molar-refractivity contribution is -0.384. The maximum atomic E-state index is 13.0. The summed E-state index contributed by atoms with van der Waals surface area (Å²) in [5, 5.41) is 21.8. The molecule has 0 unspecified atom stereocenters. The molecule has 1 heterocycles. The van der Waals surface area contributed by atoms with Gasteiger partial charge in [-0.3, -0.25) is 24.5 Å². The number of nitrogens with zero attached hydrogens (tertiary/aromatic N) is 4. The Morgan fingerprint density at radius 1 is 1.48 bits per heavy atom. The molecule has 11 nitrogen and oxygen atoms in total. The van der Waals surface area contributed by atoms with E-state index in [4.69, 9.17) is 4.74 Å². The number of non-ortho nitro benzene ring substituents is 1. The van der Waals surface area contributed by atoms with Gasteiger partial charge in [0.1, 0.15) is 17.5 Å². The number of thioether (sulfide) groups is 1. The standard InChI is InChI=1S/C17H21N5O6S3/c1-5-9-29-17-20-19-16(30-17)18-15(23)12(6-2)21(31(4,26)27)13-10-11(22(24)25)7-8-14(13)28-3/h5,7-8,10,12H,1,6,9H2,2-4H3,(H,18,19,23)/t12-/m1/s1. The number of nitro benzene ring substituents is 1. The third kappa shape index (κ3) is 6.15. The minimum absolute atomic E-state index is 0.0706. The van der Waals surface area contributed by atoms with Crippen molar-refractivity contribution in [3.8, 4) is 5.75 Å². The van der Waals surface area contributed by atoms with Gasteiger partial charge in [-0.2, -0.15) is 0 Å². The SMILES string of the molecule is C=CCSc1nnc(NC(=O)[C@@H](CC)N(c2cc([N+](=O)[O-])ccc2OC)S(C)(=O)=O)s1. The van der Waals surface area contributed by atoms with Gasteiger partial charge >= 0.3 is 0 Å². The van der Waals surface area contributed by atoms with Gasteiger partial charge in [-0.25, -0.2) is 8.42 Å². The van der Waals surface area contributed by atoms with Gasteiger partial charge < -0.3 is 4.74 Å². The quantitative estimate of drug-likeness (QED) is 0.166. The van der Waals surface area contributed by atoms with E-state index < -0.39 is 26.9 Å². The summed E-state index contributed by atoms with van der Waals surface area (Å²) in [6, 6.07) is 2.32. The minimum Gasteiger partial charge on any atom is -0.495 e. The van der Waals surface area contributed by atoms with E-state index in [9.17, 15) is 23.3 Å². The van der Waals surface area contributed by atoms with Gasteiger partial charge in [0.05, 0.1) is 18.3 Å². The number of carbonyl (C=O) groups excluding carboxylic acids is 1. The Bertz CT molecular complexity index is 1070. The fourth-order valence-electron chi connectivity index (χ4n) is 2.64. The molecule has 0 aliphatic heterocycles. The third-order valence-electron chi connectivity index (χ3n) is 3.90. The van der Waals surface area contributed by atoms with Crippen molar-refractivity contribution >= 4 is 55.5 Å². The first-order valence-electron chi connectivity index (χ1n) is 8.82. The first-order chi connectivity index (χ1) is 14.6. The van der Waals surface area contributed by atoms with Crippen molar-refractivity contribution in [3.63, 3.8) is 0 Å². The molecular formula is C17H21N5O6S3. The van der Waals surface area contributed by atoms with Crippen LogP contribution in [0.5, 0.6) is 5.75 Å². The summed E-state index contributed by atoms with van der Waals surface area (Å²) in [6.07, 6.45) is 2.70. The molecule has 0 radical (unpaired) electrons. The number of nitro groups is 1. The Morgan fingerprint density at radius 2 is 2.19 bits per heavy atom. The highest BCUT2D eigenvalue weighted by atomic mass is 32.2. The van der Waals surface area contributed by atoms with Crippen molar-refractivity contribution in [1.82, 2.24) is 10.2 Å². The van der Waals surface area contributed by atoms with E-state index in [2.05, 4.69) is 22.1 Å². The van der Waals surface area contributed by atoms with Crippen molar-refractivity contribution in [1.29, 1.82) is 0 Å². The topological polar surface area (TPSA) is 145 Å². The highest BCUT2D eigenvalue weighted by molar-refractivity contribution is 8.01. The Labute approximate surface area is 187 Å². The summed E-state index contributed by atoms with van der Waals surface area (Å²) < 4.78 is 31.9. The molecule has 31 heavy (non-hydrogen) atoms. The summed E-state index contributed by atoms with van der Waals surface area (Å²) in [7, 11) is -2.72. The molecule has 0 fully saturated rings. The Hall–Kier alpha value is -2.71. The van der Waals surface area contributed by atoms with Crippen LogP contribution in [0.2, 0.25) is 0 Å². The second-order valence-corrected chi connectivity index (χ2v) is 10.2. The smallest absolute Gasteiger partial charge is 0.271 e. The molecular weight excluding hydrogens is 466 g/mol. The van der Waals surface area contributed by atoms with Crippen molar-refractivity contribution in [2.24, 2.45) is 0 Å². The van der Waals surface area contributed by atoms with Gasteiger partial charge in [0.2, 0.25) is 21.1 Å². The van der Waals surface area contributed by atoms with Crippen LogP contribution in [0, 0.1) is 10.1 Å². The normalized spacial score (nSPS) is 12.1. The lowest BCUT2D eigenvalue weighted by atomic mass is 10.1. The van der Waals surface area contributed by atoms with Crippen molar-refractivity contribution < 1.29 is 22.9 Å². The van der Waals surface area contributed by atoms with Gasteiger partial charge in [-0.05, 0) is 12.5 Å². The number of amides is 1. The monoisotopic (exact) mass is 487 g/mol. The van der Waals surface area contributed by atoms with E-state index in [0.717, 1.165) is 28.0 Å². The maximum Gasteiger partial charge on any atom is 0.271 e. The molecule has 0 bridgehead atoms. The zero-order valence-electron chi connectivity index (χ0n) is 17.0. The van der Waals surface area contributed by atoms with Crippen LogP contribution >= 0.6 is 23.1 Å². The Balaban J connectivity index is 2.43. The number of sulfonamides is 1. The molecule has 1 aromatic heterocycles. The third-order valence-corrected chi connectivity index (χ3v) is 7.04. The Morgan fingerprint density at radius 3 is 2.74 bits per heavy atom. The predicted octanol–water partition coefficient (Wildman–Crippen LogP) is 2.92. The molecule has 0 aliphatic carbocycles. The number of hydrogen-bond acceptors (Lipinski definition) is 10. The van der Waals surface area contributed by atoms with E-state index in [1.165, 1.54) is 31.0 Å². The second-order valence-electron chi connectivity index (χ2n) is 6.06. The van der Waals surface area contributed by atoms with E-state index in [0.29, 0.717) is 10.1 Å². The highest BCUT2D eigenvalue weighted by Gasteiger charge is 2.35. The molecule has 2 aromatic rings. The van der Waals surface area contributed by atoms with Crippen LogP contribution in [0.3, 0.4) is 0 Å². The van der Waals surface area contributed by atoms with E-state index in [1.807, 2.05) is 0 Å². The number of carbonyl (C=O) groups is 1. The first-order valence-corrected chi connectivity index (χ1v) is 12.5. The first kappa shape index (κ1) is 24.6. The fraction of sp³-hybridized carbons (Fsp3) is 0.353. The summed E-state index contributed by atoms with van der Waals surface area (Å²) >= 11 is 2.53. The van der Waals surface area contributed by atoms with Gasteiger partial charge in [0.25, 0.3) is 5.69 Å². The van der Waals surface area contributed by atoms with Gasteiger partial charge in [0.15, 0.2) is 4.34 Å². The van der Waals surface area contributed by atoms with Crippen LogP contribution in [0.4, 0.5) is 16.5 Å². The maximum absolute atomic E-state index is 13.0. The van der Waals surface area contributed by atoms with Gasteiger partial charge in [0, 0.05) is 17.9 Å². The molecule has 1 atom stereocenters. The summed E-state index contributed by atoms with van der Waals surface area (Å²) in [6.45, 7) is 5.24. The van der Waals surface area contributed by atoms with Crippen LogP contribution in [0.15, 0.2) is 35.2 Å². The molecule has 0 saturated carbocycles. The molecule has 14 heteroatoms. The molecule has 2 rings (SSSR count). The zero-order valence-corrected chi connectivity index (χ0v) is 19.4. The molecule has 0 saturated heterocycles. The predicted molar refractivity (Wildman–Crippen MR) is 121 cm³/mol. The average molecular weight is 488 g/mol. The van der Waals surface area contributed by atoms with Crippen LogP contribution in [0.25, 0.3) is 0 Å². The molecule has 168 valence electrons. The van der Waals surface area contributed by atoms with Gasteiger partial charge in [-0.15, -0.1) is 16.8 Å². The van der Waals surface area contributed by atoms with E-state index >= 15 is 0 Å². The van der Waals surface area contributed by atoms with Crippen molar-refractivity contribution in [2.45, 2.75) is 23.7 Å². The van der Waals surface area contributed by atoms with Crippen LogP contribution < -0.4 is 14.4 Å². The largest absolute Gasteiger partial charge is 0.495 e. The number of nitrogens with one attached hydrogen (secondary N) is 1. The molecule has 0 spiro atoms. The zero-order chi connectivity index (χ0) is 23.2. The van der Waals surface area contributed by atoms with Crippen molar-refractivity contribution in [3.05, 3.63) is 41.0 Å². The number of hydrogen-bond donors (Lipinski definition) is 1. The van der Waals surface area contributed by atoms with E-state index in [-0.39, 0.29) is 28.7 Å². The summed E-state index contributed by atoms with van der Waals surface area (Å²) in [5.41, 5.74) is -0.451. The lowest BCUT2D eigenvalue weighted by Gasteiger charge is -2.30. The lowest BCUT2D eigenvalue weighted by Crippen LogP contribution is -2.47. The summed E-state index contributed by atoms with van der Waals surface area (Å²) in [4.78, 5) is 23.5. The number of anilines is 2. The molecule has 1 amide bonds. The van der Waals surface area contributed by atoms with Crippen molar-refractivity contribution in [2.75, 3.05) is 28.7 Å². The fourth-order valence-corrected chi connectivity index (χ4v) is 5.36. The number of methoxy groups -OCH3 is 1. The molecule has 1 aromatic carbocycles. The number of rotatable bonds is 11. The average Bonchev–Trinajstić information content (AvgIpc) is 3.15. The molecule has 1 N–H and O–H groups in total. The van der Waals surface area contributed by atoms with Crippen LogP contribution in [-0.4, -0.2) is 54.6 Å². The highest BCUT2D eigenvalue weighted by Crippen LogP contribution is 2.36. The van der Waals surface area contributed by atoms with Crippen LogP contribution in [-0.2, 0) is 14.8 Å². The Kier molecular flexibility index (Phi) is 8.36. The minimum atomic E-state index is -4.03. The second kappa shape index (κ2) is 10.5. The van der Waals surface area contributed by atoms with Gasteiger partial charge in [-0.1, -0.05) is 36.1 Å².